The zero-order valence-corrected chi connectivity index (χ0v) is 17.6. The van der Waals surface area contributed by atoms with Gasteiger partial charge in [0, 0.05) is 26.6 Å². The smallest absolute Gasteiger partial charge is 0.408 e. The highest BCUT2D eigenvalue weighted by Crippen LogP contribution is 2.25. The minimum Gasteiger partial charge on any atom is -0.408 e. The molecule has 1 aromatic heterocycles. The van der Waals surface area contributed by atoms with Crippen molar-refractivity contribution in [2.75, 3.05) is 19.7 Å². The van der Waals surface area contributed by atoms with E-state index in [0.29, 0.717) is 23.3 Å². The normalized spacial score (nSPS) is 18.5. The Morgan fingerprint density at radius 1 is 1.31 bits per heavy atom. The fraction of sp³-hybridized carbons (Fsp3) is 0.348. The van der Waals surface area contributed by atoms with Crippen LogP contribution in [-0.4, -0.2) is 42.1 Å². The second-order valence-corrected chi connectivity index (χ2v) is 7.80. The number of oxazole rings is 1. The van der Waals surface area contributed by atoms with Crippen molar-refractivity contribution >= 4 is 17.0 Å². The van der Waals surface area contributed by atoms with Gasteiger partial charge < -0.3 is 19.8 Å². The Morgan fingerprint density at radius 3 is 2.81 bits per heavy atom. The predicted molar refractivity (Wildman–Crippen MR) is 115 cm³/mol. The molecule has 0 bridgehead atoms. The van der Waals surface area contributed by atoms with Crippen LogP contribution in [0, 0.1) is 11.3 Å². The summed E-state index contributed by atoms with van der Waals surface area (Å²) in [6.45, 7) is 1.39. The number of amides is 1. The largest absolute Gasteiger partial charge is 0.419 e. The number of carbonyl (C=O) groups excluding carboxylic acids is 1. The molecule has 32 heavy (non-hydrogen) atoms. The molecule has 8 nitrogen and oxygen atoms in total. The molecule has 1 saturated heterocycles. The first-order valence-corrected chi connectivity index (χ1v) is 10.3. The lowest BCUT2D eigenvalue weighted by atomic mass is 9.99. The van der Waals surface area contributed by atoms with Crippen LogP contribution >= 0.6 is 0 Å². The number of nitrogens with zero attached hydrogens (tertiary/aromatic N) is 2. The summed E-state index contributed by atoms with van der Waals surface area (Å²) in [4.78, 5) is 24.1. The molecule has 9 heteroatoms. The monoisotopic (exact) mass is 438 g/mol. The zero-order chi connectivity index (χ0) is 22.7. The summed E-state index contributed by atoms with van der Waals surface area (Å²) in [6.07, 6.45) is -0.374. The van der Waals surface area contributed by atoms with Crippen molar-refractivity contribution in [2.24, 2.45) is 7.05 Å². The molecule has 0 spiro atoms. The maximum Gasteiger partial charge on any atom is 0.419 e. The van der Waals surface area contributed by atoms with Gasteiger partial charge in [0.2, 0.25) is 0 Å². The Bertz CT molecular complexity index is 1220. The third-order valence-corrected chi connectivity index (χ3v) is 5.46. The van der Waals surface area contributed by atoms with Crippen LogP contribution < -0.4 is 16.4 Å². The summed E-state index contributed by atoms with van der Waals surface area (Å²) >= 11 is 0. The molecule has 1 fully saturated rings. The molecule has 1 aliphatic heterocycles. The third-order valence-electron chi connectivity index (χ3n) is 5.46. The molecular weight excluding hydrogens is 415 g/mol. The molecule has 0 saturated carbocycles. The Balaban J connectivity index is 1.48. The topological polar surface area (TPSA) is 109 Å². The molecular formula is C23H23FN4O4. The SMILES string of the molecule is Cn1c(=O)oc2ccc(-c3ccc(C[C@](F)(C#N)NC(=O)[C@@H]4CNCCCO4)cc3)cc21. The molecule has 166 valence electrons. The van der Waals surface area contributed by atoms with Crippen molar-refractivity contribution < 1.29 is 18.3 Å². The van der Waals surface area contributed by atoms with Gasteiger partial charge in [-0.05, 0) is 41.8 Å². The Kier molecular flexibility index (Phi) is 6.08. The van der Waals surface area contributed by atoms with Crippen LogP contribution in [0.5, 0.6) is 0 Å². The number of aromatic nitrogens is 1. The standard InChI is InChI=1S/C23H23FN4O4/c1-28-18-11-17(7-8-19(18)32-22(28)30)16-5-3-15(4-6-16)12-23(24,14-25)27-21(29)20-13-26-9-2-10-31-20/h3-8,11,20,26H,2,9-10,12-13H2,1H3,(H,27,29)/t20-,23+/m0/s1. The van der Waals surface area contributed by atoms with Gasteiger partial charge in [-0.3, -0.25) is 9.36 Å². The number of hydrogen-bond acceptors (Lipinski definition) is 6. The van der Waals surface area contributed by atoms with Crippen LogP contribution in [0.4, 0.5) is 4.39 Å². The number of halogens is 1. The lowest BCUT2D eigenvalue weighted by molar-refractivity contribution is -0.135. The fourth-order valence-corrected chi connectivity index (χ4v) is 3.67. The van der Waals surface area contributed by atoms with Crippen LogP contribution in [-0.2, 0) is 23.0 Å². The lowest BCUT2D eigenvalue weighted by Gasteiger charge is -2.22. The maximum absolute atomic E-state index is 15.1. The van der Waals surface area contributed by atoms with Gasteiger partial charge in [-0.2, -0.15) is 5.26 Å². The average Bonchev–Trinajstić information content (AvgIpc) is 2.97. The van der Waals surface area contributed by atoms with Crippen LogP contribution in [0.3, 0.4) is 0 Å². The van der Waals surface area contributed by atoms with Gasteiger partial charge in [-0.15, -0.1) is 0 Å². The van der Waals surface area contributed by atoms with E-state index in [9.17, 15) is 14.9 Å². The highest BCUT2D eigenvalue weighted by atomic mass is 19.1. The molecule has 0 unspecified atom stereocenters. The number of nitrogens with one attached hydrogen (secondary N) is 2. The van der Waals surface area contributed by atoms with E-state index in [1.165, 1.54) is 4.57 Å². The van der Waals surface area contributed by atoms with E-state index >= 15 is 4.39 Å². The van der Waals surface area contributed by atoms with E-state index in [1.807, 2.05) is 12.1 Å². The van der Waals surface area contributed by atoms with Crippen molar-refractivity contribution in [1.82, 2.24) is 15.2 Å². The maximum atomic E-state index is 15.1. The van der Waals surface area contributed by atoms with Gasteiger partial charge in [0.15, 0.2) is 5.58 Å². The summed E-state index contributed by atoms with van der Waals surface area (Å²) in [5.41, 5.74) is 3.43. The van der Waals surface area contributed by atoms with Gasteiger partial charge in [-0.1, -0.05) is 30.3 Å². The molecule has 2 N–H and O–H groups in total. The van der Waals surface area contributed by atoms with Gasteiger partial charge in [0.25, 0.3) is 11.7 Å². The van der Waals surface area contributed by atoms with Gasteiger partial charge >= 0.3 is 5.76 Å². The van der Waals surface area contributed by atoms with Crippen LogP contribution in [0.15, 0.2) is 51.7 Å². The number of nitriles is 1. The second-order valence-electron chi connectivity index (χ2n) is 7.80. The first-order valence-electron chi connectivity index (χ1n) is 10.3. The Labute approximate surface area is 183 Å². The molecule has 2 aromatic carbocycles. The Hall–Kier alpha value is -3.48. The fourth-order valence-electron chi connectivity index (χ4n) is 3.67. The van der Waals surface area contributed by atoms with E-state index in [4.69, 9.17) is 9.15 Å². The molecule has 2 heterocycles. The van der Waals surface area contributed by atoms with Gasteiger partial charge in [-0.25, -0.2) is 9.18 Å². The number of carbonyl (C=O) groups is 1. The van der Waals surface area contributed by atoms with E-state index in [-0.39, 0.29) is 13.0 Å². The lowest BCUT2D eigenvalue weighted by Crippen LogP contribution is -2.51. The van der Waals surface area contributed by atoms with Crippen molar-refractivity contribution in [3.05, 3.63) is 58.6 Å². The van der Waals surface area contributed by atoms with E-state index in [1.54, 1.807) is 43.4 Å². The number of fused-ring (bicyclic) bond motifs is 1. The number of ether oxygens (including phenoxy) is 1. The summed E-state index contributed by atoms with van der Waals surface area (Å²) in [7, 11) is 1.63. The van der Waals surface area contributed by atoms with Crippen molar-refractivity contribution in [2.45, 2.75) is 24.7 Å². The molecule has 2 atom stereocenters. The first-order chi connectivity index (χ1) is 15.4. The molecule has 0 radical (unpaired) electrons. The highest BCUT2D eigenvalue weighted by molar-refractivity contribution is 5.82. The van der Waals surface area contributed by atoms with E-state index in [2.05, 4.69) is 10.6 Å². The van der Waals surface area contributed by atoms with Gasteiger partial charge in [0.1, 0.15) is 12.2 Å². The summed E-state index contributed by atoms with van der Waals surface area (Å²) in [6, 6.07) is 14.0. The highest BCUT2D eigenvalue weighted by Gasteiger charge is 2.35. The summed E-state index contributed by atoms with van der Waals surface area (Å²) in [5, 5.41) is 14.6. The number of alkyl halides is 1. The van der Waals surface area contributed by atoms with Crippen molar-refractivity contribution in [3.8, 4) is 17.2 Å². The van der Waals surface area contributed by atoms with Crippen LogP contribution in [0.2, 0.25) is 0 Å². The predicted octanol–water partition coefficient (Wildman–Crippen LogP) is 2.03. The summed E-state index contributed by atoms with van der Waals surface area (Å²) in [5.74, 6) is -3.64. The Morgan fingerprint density at radius 2 is 2.06 bits per heavy atom. The number of benzene rings is 2. The number of rotatable bonds is 5. The molecule has 1 aliphatic rings. The molecule has 0 aliphatic carbocycles. The van der Waals surface area contributed by atoms with Crippen molar-refractivity contribution in [1.29, 1.82) is 5.26 Å². The molecule has 1 amide bonds. The second kappa shape index (κ2) is 8.94. The minimum atomic E-state index is -2.55. The zero-order valence-electron chi connectivity index (χ0n) is 17.6. The van der Waals surface area contributed by atoms with Crippen molar-refractivity contribution in [3.63, 3.8) is 0 Å². The van der Waals surface area contributed by atoms with Crippen LogP contribution in [0.25, 0.3) is 22.2 Å². The minimum absolute atomic E-state index is 0.272. The average molecular weight is 438 g/mol. The molecule has 3 aromatic rings. The first kappa shape index (κ1) is 21.7. The molecule has 4 rings (SSSR count). The number of aryl methyl sites for hydroxylation is 1. The van der Waals surface area contributed by atoms with Gasteiger partial charge in [0.05, 0.1) is 5.52 Å². The van der Waals surface area contributed by atoms with E-state index in [0.717, 1.165) is 24.1 Å². The van der Waals surface area contributed by atoms with E-state index < -0.39 is 23.6 Å². The summed E-state index contributed by atoms with van der Waals surface area (Å²) < 4.78 is 27.1. The third kappa shape index (κ3) is 4.56. The van der Waals surface area contributed by atoms with Crippen LogP contribution in [0.1, 0.15) is 12.0 Å². The quantitative estimate of drug-likeness (QED) is 0.590. The number of hydrogen-bond donors (Lipinski definition) is 2.